The molecule has 2 rings (SSSR count). The lowest BCUT2D eigenvalue weighted by atomic mass is 10.1. The second-order valence-corrected chi connectivity index (χ2v) is 7.08. The van der Waals surface area contributed by atoms with Gasteiger partial charge in [-0.1, -0.05) is 0 Å². The summed E-state index contributed by atoms with van der Waals surface area (Å²) in [4.78, 5) is 8.65. The van der Waals surface area contributed by atoms with Crippen molar-refractivity contribution >= 4 is 28.1 Å². The van der Waals surface area contributed by atoms with Crippen LogP contribution < -0.4 is 5.73 Å². The minimum atomic E-state index is -5.03. The summed E-state index contributed by atoms with van der Waals surface area (Å²) in [6.07, 6.45) is -4.35. The maximum Gasteiger partial charge on any atom is 0.417 e. The number of alkyl halides is 3. The Hall–Kier alpha value is -1.43. The quantitative estimate of drug-likeness (QED) is 0.629. The van der Waals surface area contributed by atoms with Gasteiger partial charge in [-0.15, -0.1) is 12.4 Å². The molecular formula is C12H15ClF3N3O4S. The van der Waals surface area contributed by atoms with Gasteiger partial charge in [0.05, 0.1) is 15.4 Å². The summed E-state index contributed by atoms with van der Waals surface area (Å²) >= 11 is 0. The van der Waals surface area contributed by atoms with Gasteiger partial charge in [0.1, 0.15) is 0 Å². The molecule has 24 heavy (non-hydrogen) atoms. The highest BCUT2D eigenvalue weighted by atomic mass is 35.5. The fourth-order valence-electron chi connectivity index (χ4n) is 2.33. The van der Waals surface area contributed by atoms with E-state index in [0.29, 0.717) is 18.9 Å². The fourth-order valence-corrected chi connectivity index (χ4v) is 4.00. The number of nitrogens with zero attached hydrogens (tertiary/aromatic N) is 2. The number of halogens is 4. The molecular weight excluding hydrogens is 375 g/mol. The molecule has 1 heterocycles. The smallest absolute Gasteiger partial charge is 0.328 e. The molecule has 1 aromatic rings. The Morgan fingerprint density at radius 2 is 1.79 bits per heavy atom. The number of nitro benzene ring substituents is 1. The summed E-state index contributed by atoms with van der Waals surface area (Å²) in [5.41, 5.74) is 3.29. The number of nitrogens with two attached hydrogens (primary N) is 1. The van der Waals surface area contributed by atoms with Crippen molar-refractivity contribution in [3.8, 4) is 0 Å². The van der Waals surface area contributed by atoms with Gasteiger partial charge in [-0.05, 0) is 18.9 Å². The molecule has 0 atom stereocenters. The molecule has 0 unspecified atom stereocenters. The van der Waals surface area contributed by atoms with Crippen molar-refractivity contribution in [3.63, 3.8) is 0 Å². The summed E-state index contributed by atoms with van der Waals surface area (Å²) in [6, 6.07) is 1.42. The number of hydrogen-bond acceptors (Lipinski definition) is 5. The van der Waals surface area contributed by atoms with Crippen LogP contribution in [0.25, 0.3) is 0 Å². The molecule has 0 amide bonds. The molecule has 1 aliphatic rings. The van der Waals surface area contributed by atoms with Crippen molar-refractivity contribution in [3.05, 3.63) is 33.9 Å². The van der Waals surface area contributed by atoms with E-state index in [1.165, 1.54) is 0 Å². The molecule has 136 valence electrons. The highest BCUT2D eigenvalue weighted by Gasteiger charge is 2.41. The normalized spacial score (nSPS) is 17.3. The fraction of sp³-hybridized carbons (Fsp3) is 0.500. The van der Waals surface area contributed by atoms with Crippen molar-refractivity contribution in [2.75, 3.05) is 13.1 Å². The van der Waals surface area contributed by atoms with E-state index in [0.717, 1.165) is 10.4 Å². The van der Waals surface area contributed by atoms with Crippen LogP contribution in [0.1, 0.15) is 18.4 Å². The zero-order valence-electron chi connectivity index (χ0n) is 12.2. The molecule has 1 aliphatic heterocycles. The lowest BCUT2D eigenvalue weighted by molar-refractivity contribution is -0.385. The van der Waals surface area contributed by atoms with Gasteiger partial charge in [-0.25, -0.2) is 8.42 Å². The maximum atomic E-state index is 13.1. The van der Waals surface area contributed by atoms with Crippen molar-refractivity contribution in [2.24, 2.45) is 5.73 Å². The van der Waals surface area contributed by atoms with Crippen LogP contribution in [0.4, 0.5) is 18.9 Å². The van der Waals surface area contributed by atoms with Crippen molar-refractivity contribution in [2.45, 2.75) is 30.0 Å². The molecule has 0 aromatic heterocycles. The van der Waals surface area contributed by atoms with Gasteiger partial charge in [-0.2, -0.15) is 17.5 Å². The highest BCUT2D eigenvalue weighted by Crippen LogP contribution is 2.37. The zero-order chi connectivity index (χ0) is 17.4. The molecule has 7 nitrogen and oxygen atoms in total. The third-order valence-corrected chi connectivity index (χ3v) is 5.55. The minimum Gasteiger partial charge on any atom is -0.328 e. The summed E-state index contributed by atoms with van der Waals surface area (Å²) in [7, 11) is -4.41. The van der Waals surface area contributed by atoms with Crippen LogP contribution in [0, 0.1) is 10.1 Å². The molecule has 2 N–H and O–H groups in total. The van der Waals surface area contributed by atoms with E-state index >= 15 is 0 Å². The lowest BCUT2D eigenvalue weighted by Gasteiger charge is -2.30. The largest absolute Gasteiger partial charge is 0.417 e. The van der Waals surface area contributed by atoms with Crippen LogP contribution in [-0.2, 0) is 16.2 Å². The Bertz CT molecular complexity index is 719. The summed E-state index contributed by atoms with van der Waals surface area (Å²) in [5.74, 6) is 0. The van der Waals surface area contributed by atoms with Crippen molar-refractivity contribution < 1.29 is 26.5 Å². The van der Waals surface area contributed by atoms with Crippen LogP contribution in [-0.4, -0.2) is 36.8 Å². The Balaban J connectivity index is 0.00000288. The van der Waals surface area contributed by atoms with Gasteiger partial charge < -0.3 is 5.73 Å². The van der Waals surface area contributed by atoms with E-state index < -0.39 is 37.3 Å². The number of rotatable bonds is 3. The predicted octanol–water partition coefficient (Wildman–Crippen LogP) is 2.15. The van der Waals surface area contributed by atoms with Crippen LogP contribution >= 0.6 is 12.4 Å². The topological polar surface area (TPSA) is 107 Å². The van der Waals surface area contributed by atoms with Gasteiger partial charge in [0.25, 0.3) is 5.69 Å². The zero-order valence-corrected chi connectivity index (χ0v) is 13.8. The summed E-state index contributed by atoms with van der Waals surface area (Å²) < 4.78 is 65.2. The number of sulfonamides is 1. The summed E-state index contributed by atoms with van der Waals surface area (Å²) in [6.45, 7) is 0.0234. The van der Waals surface area contributed by atoms with Gasteiger partial charge in [-0.3, -0.25) is 10.1 Å². The Labute approximate surface area is 142 Å². The van der Waals surface area contributed by atoms with E-state index in [9.17, 15) is 31.7 Å². The number of piperidine rings is 1. The van der Waals surface area contributed by atoms with Crippen molar-refractivity contribution in [1.29, 1.82) is 0 Å². The van der Waals surface area contributed by atoms with Crippen LogP contribution in [0.15, 0.2) is 23.1 Å². The van der Waals surface area contributed by atoms with Crippen molar-refractivity contribution in [1.82, 2.24) is 4.31 Å². The number of non-ortho nitro benzene ring substituents is 1. The number of benzene rings is 1. The monoisotopic (exact) mass is 389 g/mol. The standard InChI is InChI=1S/C12H14F3N3O4S.ClH/c13-12(14,15)10-7-9(18(19)20)1-2-11(10)23(21,22)17-5-3-8(16)4-6-17;/h1-2,7-8H,3-6,16H2;1H. The first-order chi connectivity index (χ1) is 10.5. The average molecular weight is 390 g/mol. The van der Waals surface area contributed by atoms with E-state index in [2.05, 4.69) is 0 Å². The molecule has 12 heteroatoms. The second-order valence-electron chi connectivity index (χ2n) is 5.18. The Kier molecular flexibility index (Phi) is 6.20. The molecule has 0 radical (unpaired) electrons. The van der Waals surface area contributed by atoms with E-state index in [4.69, 9.17) is 5.73 Å². The number of nitro groups is 1. The molecule has 0 saturated carbocycles. The third kappa shape index (κ3) is 4.15. The lowest BCUT2D eigenvalue weighted by Crippen LogP contribution is -2.43. The number of hydrogen-bond donors (Lipinski definition) is 1. The maximum absolute atomic E-state index is 13.1. The third-order valence-electron chi connectivity index (χ3n) is 3.60. The predicted molar refractivity (Wildman–Crippen MR) is 81.3 cm³/mol. The van der Waals surface area contributed by atoms with Gasteiger partial charge in [0.15, 0.2) is 0 Å². The van der Waals surface area contributed by atoms with Crippen LogP contribution in [0.3, 0.4) is 0 Å². The molecule has 1 fully saturated rings. The van der Waals surface area contributed by atoms with Gasteiger partial charge in [0, 0.05) is 31.3 Å². The first kappa shape index (κ1) is 20.6. The van der Waals surface area contributed by atoms with E-state index in [1.807, 2.05) is 0 Å². The molecule has 1 saturated heterocycles. The minimum absolute atomic E-state index is 0. The second kappa shape index (κ2) is 7.21. The van der Waals surface area contributed by atoms with Crippen LogP contribution in [0.5, 0.6) is 0 Å². The molecule has 0 bridgehead atoms. The molecule has 1 aromatic carbocycles. The Morgan fingerprint density at radius 1 is 1.25 bits per heavy atom. The Morgan fingerprint density at radius 3 is 2.25 bits per heavy atom. The van der Waals surface area contributed by atoms with E-state index in [-0.39, 0.29) is 37.6 Å². The van der Waals surface area contributed by atoms with Gasteiger partial charge >= 0.3 is 6.18 Å². The average Bonchev–Trinajstić information content (AvgIpc) is 2.46. The van der Waals surface area contributed by atoms with E-state index in [1.54, 1.807) is 0 Å². The first-order valence-corrected chi connectivity index (χ1v) is 8.09. The highest BCUT2D eigenvalue weighted by molar-refractivity contribution is 7.89. The summed E-state index contributed by atoms with van der Waals surface area (Å²) in [5, 5.41) is 10.6. The molecule has 0 spiro atoms. The SMILES string of the molecule is Cl.NC1CCN(S(=O)(=O)c2ccc([N+](=O)[O-])cc2C(F)(F)F)CC1. The van der Waals surface area contributed by atoms with Crippen LogP contribution in [0.2, 0.25) is 0 Å². The molecule has 0 aliphatic carbocycles. The van der Waals surface area contributed by atoms with Gasteiger partial charge in [0.2, 0.25) is 10.0 Å². The first-order valence-electron chi connectivity index (χ1n) is 6.65.